The summed E-state index contributed by atoms with van der Waals surface area (Å²) in [5.41, 5.74) is 12.3. The smallest absolute Gasteiger partial charge is 0.240 e. The summed E-state index contributed by atoms with van der Waals surface area (Å²) in [7, 11) is 0. The number of hydrogen-bond donors (Lipinski definition) is 6. The monoisotopic (exact) mass is 532 g/mol. The number of nitrogens with one attached hydrogen (secondary N) is 1. The van der Waals surface area contributed by atoms with Crippen LogP contribution in [0.3, 0.4) is 0 Å². The number of amides is 2. The zero-order valence-electron chi connectivity index (χ0n) is 21.9. The van der Waals surface area contributed by atoms with Crippen molar-refractivity contribution in [1.82, 2.24) is 5.32 Å². The summed E-state index contributed by atoms with van der Waals surface area (Å²) in [5.74, 6) is -1.85. The number of benzene rings is 3. The fourth-order valence-corrected chi connectivity index (χ4v) is 4.34. The third-order valence-electron chi connectivity index (χ3n) is 6.68. The minimum absolute atomic E-state index is 0.174. The van der Waals surface area contributed by atoms with E-state index in [1.165, 1.54) is 6.08 Å². The van der Waals surface area contributed by atoms with Crippen LogP contribution in [0, 0.1) is 5.92 Å². The Morgan fingerprint density at radius 1 is 0.821 bits per heavy atom. The highest BCUT2D eigenvalue weighted by Crippen LogP contribution is 2.17. The molecule has 0 bridgehead atoms. The molecule has 2 amide bonds. The summed E-state index contributed by atoms with van der Waals surface area (Å²) >= 11 is 0. The number of hydrogen-bond acceptors (Lipinski definition) is 5. The van der Waals surface area contributed by atoms with Crippen molar-refractivity contribution in [2.75, 3.05) is 0 Å². The number of carbonyl (C=O) groups excluding carboxylic acids is 2. The molecule has 206 valence electrons. The number of aromatic hydroxyl groups is 1. The number of rotatable bonds is 14. The molecule has 8 nitrogen and oxygen atoms in total. The minimum Gasteiger partial charge on any atom is -0.508 e. The standard InChI is InChI=1S/C31H37N3O5/c32-26(19-23-14-16-24(35)17-15-23)29(37)13-7-12-28(36)25(18-21-8-3-1-4-9-21)31(39)34-27(30(33)38)20-22-10-5-2-6-11-22/h1-12,14-17,25-29,35-37H,13,18-20,32H2,(H2,33,38)(H,34,39)/p+1/b12-7+/t25-,26+,27+,28+,29+/m1/s1. The van der Waals surface area contributed by atoms with Crippen LogP contribution in [0.5, 0.6) is 5.75 Å². The quantitative estimate of drug-likeness (QED) is 0.172. The summed E-state index contributed by atoms with van der Waals surface area (Å²) in [6, 6.07) is 24.1. The Hall–Kier alpha value is -3.98. The van der Waals surface area contributed by atoms with Crippen LogP contribution in [0.1, 0.15) is 23.1 Å². The van der Waals surface area contributed by atoms with Gasteiger partial charge in [0.05, 0.1) is 12.0 Å². The average Bonchev–Trinajstić information content (AvgIpc) is 2.93. The van der Waals surface area contributed by atoms with E-state index in [4.69, 9.17) is 5.73 Å². The maximum absolute atomic E-state index is 13.3. The molecule has 0 aliphatic heterocycles. The highest BCUT2D eigenvalue weighted by atomic mass is 16.3. The molecule has 0 aliphatic rings. The Morgan fingerprint density at radius 3 is 1.92 bits per heavy atom. The number of primary amides is 1. The number of aliphatic hydroxyl groups is 2. The number of quaternary nitrogens is 1. The van der Waals surface area contributed by atoms with Gasteiger partial charge in [-0.3, -0.25) is 9.59 Å². The van der Waals surface area contributed by atoms with Gasteiger partial charge in [-0.2, -0.15) is 0 Å². The number of aliphatic hydroxyl groups excluding tert-OH is 2. The summed E-state index contributed by atoms with van der Waals surface area (Å²) in [5, 5.41) is 33.8. The maximum Gasteiger partial charge on any atom is 0.240 e. The van der Waals surface area contributed by atoms with Gasteiger partial charge in [-0.05, 0) is 41.7 Å². The van der Waals surface area contributed by atoms with Gasteiger partial charge in [0.2, 0.25) is 11.8 Å². The third kappa shape index (κ3) is 9.68. The van der Waals surface area contributed by atoms with Crippen LogP contribution in [0.2, 0.25) is 0 Å². The van der Waals surface area contributed by atoms with Crippen molar-refractivity contribution >= 4 is 11.8 Å². The van der Waals surface area contributed by atoms with Crippen LogP contribution in [-0.2, 0) is 28.9 Å². The highest BCUT2D eigenvalue weighted by molar-refractivity contribution is 5.88. The predicted molar refractivity (Wildman–Crippen MR) is 149 cm³/mol. The molecule has 3 rings (SSSR count). The molecule has 0 spiro atoms. The molecule has 0 heterocycles. The van der Waals surface area contributed by atoms with E-state index < -0.39 is 36.0 Å². The molecule has 0 radical (unpaired) electrons. The summed E-state index contributed by atoms with van der Waals surface area (Å²) < 4.78 is 0. The predicted octanol–water partition coefficient (Wildman–Crippen LogP) is 1.28. The largest absolute Gasteiger partial charge is 0.508 e. The van der Waals surface area contributed by atoms with Crippen molar-refractivity contribution < 1.29 is 30.6 Å². The van der Waals surface area contributed by atoms with Gasteiger partial charge >= 0.3 is 0 Å². The van der Waals surface area contributed by atoms with Crippen molar-refractivity contribution in [3.8, 4) is 5.75 Å². The van der Waals surface area contributed by atoms with E-state index >= 15 is 0 Å². The molecule has 39 heavy (non-hydrogen) atoms. The first-order valence-corrected chi connectivity index (χ1v) is 13.0. The van der Waals surface area contributed by atoms with Crippen LogP contribution >= 0.6 is 0 Å². The Kier molecular flexibility index (Phi) is 11.2. The van der Waals surface area contributed by atoms with Gasteiger partial charge < -0.3 is 32.1 Å². The van der Waals surface area contributed by atoms with Crippen molar-refractivity contribution in [2.24, 2.45) is 11.7 Å². The average molecular weight is 533 g/mol. The molecule has 0 unspecified atom stereocenters. The fourth-order valence-electron chi connectivity index (χ4n) is 4.34. The highest BCUT2D eigenvalue weighted by Gasteiger charge is 2.29. The Morgan fingerprint density at radius 2 is 1.36 bits per heavy atom. The molecule has 8 heteroatoms. The SMILES string of the molecule is NC(=O)[C@H](Cc1ccccc1)NC(=O)[C@H](Cc1ccccc1)[C@@H](O)/C=C/C[C@H](O)[C@@H]([NH3+])Cc1ccc(O)cc1. The lowest BCUT2D eigenvalue weighted by atomic mass is 9.91. The molecular weight excluding hydrogens is 494 g/mol. The van der Waals surface area contributed by atoms with Gasteiger partial charge in [0.25, 0.3) is 0 Å². The minimum atomic E-state index is -1.16. The van der Waals surface area contributed by atoms with Gasteiger partial charge in [-0.1, -0.05) is 84.9 Å². The Bertz CT molecular complexity index is 1200. The number of nitrogens with two attached hydrogens (primary N) is 1. The molecule has 0 fully saturated rings. The lowest BCUT2D eigenvalue weighted by molar-refractivity contribution is -0.436. The van der Waals surface area contributed by atoms with Crippen LogP contribution < -0.4 is 16.8 Å². The van der Waals surface area contributed by atoms with Crippen molar-refractivity contribution in [2.45, 2.75) is 50.0 Å². The molecule has 9 N–H and O–H groups in total. The van der Waals surface area contributed by atoms with E-state index in [0.29, 0.717) is 6.42 Å². The second kappa shape index (κ2) is 14.8. The van der Waals surface area contributed by atoms with E-state index in [1.54, 1.807) is 30.3 Å². The summed E-state index contributed by atoms with van der Waals surface area (Å²) in [6.45, 7) is 0. The van der Waals surface area contributed by atoms with Gasteiger partial charge in [0.1, 0.15) is 23.9 Å². The van der Waals surface area contributed by atoms with Crippen LogP contribution in [0.25, 0.3) is 0 Å². The van der Waals surface area contributed by atoms with Crippen LogP contribution in [-0.4, -0.2) is 51.4 Å². The number of phenolic OH excluding ortho intramolecular Hbond substituents is 1. The lowest BCUT2D eigenvalue weighted by Crippen LogP contribution is -2.67. The van der Waals surface area contributed by atoms with E-state index in [-0.39, 0.29) is 31.1 Å². The molecule has 3 aromatic rings. The van der Waals surface area contributed by atoms with Crippen molar-refractivity contribution in [3.05, 3.63) is 114 Å². The normalized spacial score (nSPS) is 15.3. The molecule has 3 aromatic carbocycles. The van der Waals surface area contributed by atoms with Crippen molar-refractivity contribution in [1.29, 1.82) is 0 Å². The molecular formula is C31H38N3O5+. The van der Waals surface area contributed by atoms with E-state index in [2.05, 4.69) is 11.1 Å². The second-order valence-electron chi connectivity index (χ2n) is 9.80. The first-order valence-electron chi connectivity index (χ1n) is 13.0. The van der Waals surface area contributed by atoms with E-state index in [0.717, 1.165) is 16.7 Å². The fraction of sp³-hybridized carbons (Fsp3) is 0.290. The van der Waals surface area contributed by atoms with Crippen LogP contribution in [0.15, 0.2) is 97.1 Å². The summed E-state index contributed by atoms with van der Waals surface area (Å²) in [4.78, 5) is 25.5. The lowest BCUT2D eigenvalue weighted by Gasteiger charge is -2.24. The zero-order valence-corrected chi connectivity index (χ0v) is 21.9. The maximum atomic E-state index is 13.3. The van der Waals surface area contributed by atoms with Gasteiger partial charge in [-0.25, -0.2) is 0 Å². The molecule has 0 saturated heterocycles. The van der Waals surface area contributed by atoms with Crippen molar-refractivity contribution in [3.63, 3.8) is 0 Å². The van der Waals surface area contributed by atoms with E-state index in [1.807, 2.05) is 60.7 Å². The summed E-state index contributed by atoms with van der Waals surface area (Å²) in [6.07, 6.45) is 2.45. The molecule has 0 aromatic heterocycles. The van der Waals surface area contributed by atoms with Crippen LogP contribution in [0.4, 0.5) is 0 Å². The zero-order chi connectivity index (χ0) is 28.2. The molecule has 0 aliphatic carbocycles. The number of carbonyl (C=O) groups is 2. The molecule has 5 atom stereocenters. The van der Waals surface area contributed by atoms with Gasteiger partial charge in [0.15, 0.2) is 0 Å². The first-order chi connectivity index (χ1) is 18.7. The Balaban J connectivity index is 1.66. The molecule has 0 saturated carbocycles. The first kappa shape index (κ1) is 29.6. The van der Waals surface area contributed by atoms with E-state index in [9.17, 15) is 24.9 Å². The third-order valence-corrected chi connectivity index (χ3v) is 6.68. The Labute approximate surface area is 229 Å². The second-order valence-corrected chi connectivity index (χ2v) is 9.80. The number of phenols is 1. The topological polar surface area (TPSA) is 161 Å². The van der Waals surface area contributed by atoms with Gasteiger partial charge in [0, 0.05) is 12.8 Å². The van der Waals surface area contributed by atoms with Gasteiger partial charge in [-0.15, -0.1) is 0 Å².